The van der Waals surface area contributed by atoms with Gasteiger partial charge in [-0.15, -0.1) is 0 Å². The third kappa shape index (κ3) is 14.9. The quantitative estimate of drug-likeness (QED) is 0.140. The van der Waals surface area contributed by atoms with Gasteiger partial charge in [-0.25, -0.2) is 0 Å². The predicted molar refractivity (Wildman–Crippen MR) is 133 cm³/mol. The molecule has 0 bridgehead atoms. The van der Waals surface area contributed by atoms with Gasteiger partial charge in [0.1, 0.15) is 6.10 Å². The average Bonchev–Trinajstić information content (AvgIpc) is 3.21. The van der Waals surface area contributed by atoms with Gasteiger partial charge in [0, 0.05) is 12.8 Å². The first-order chi connectivity index (χ1) is 15.6. The van der Waals surface area contributed by atoms with Gasteiger partial charge in [0.15, 0.2) is 0 Å². The maximum Gasteiger partial charge on any atom is 0.306 e. The summed E-state index contributed by atoms with van der Waals surface area (Å²) in [4.78, 5) is 23.0. The van der Waals surface area contributed by atoms with Crippen molar-refractivity contribution < 1.29 is 19.4 Å². The maximum absolute atomic E-state index is 12.4. The summed E-state index contributed by atoms with van der Waals surface area (Å²) in [7, 11) is 0. The number of esters is 1. The van der Waals surface area contributed by atoms with Gasteiger partial charge in [-0.2, -0.15) is 0 Å². The summed E-state index contributed by atoms with van der Waals surface area (Å²) >= 11 is 0. The summed E-state index contributed by atoms with van der Waals surface area (Å²) in [6, 6.07) is 0. The van der Waals surface area contributed by atoms with Crippen molar-refractivity contribution in [3.63, 3.8) is 0 Å². The molecule has 0 aliphatic heterocycles. The third-order valence-electron chi connectivity index (χ3n) is 7.30. The van der Waals surface area contributed by atoms with Gasteiger partial charge in [-0.1, -0.05) is 97.3 Å². The molecule has 0 radical (unpaired) electrons. The highest BCUT2D eigenvalue weighted by Crippen LogP contribution is 2.39. The number of carbonyl (C=O) groups is 2. The van der Waals surface area contributed by atoms with Crippen LogP contribution in [0.4, 0.5) is 0 Å². The fourth-order valence-corrected chi connectivity index (χ4v) is 5.31. The minimum atomic E-state index is -0.674. The number of hydrogen-bond acceptors (Lipinski definition) is 3. The highest BCUT2D eigenvalue weighted by Gasteiger charge is 2.27. The monoisotopic (exact) mass is 452 g/mol. The van der Waals surface area contributed by atoms with E-state index in [-0.39, 0.29) is 12.1 Å². The van der Waals surface area contributed by atoms with Gasteiger partial charge in [-0.05, 0) is 50.4 Å². The van der Waals surface area contributed by atoms with Crippen LogP contribution in [0.5, 0.6) is 0 Å². The van der Waals surface area contributed by atoms with E-state index in [0.29, 0.717) is 12.8 Å². The first-order valence-corrected chi connectivity index (χ1v) is 14.0. The maximum atomic E-state index is 12.4. The molecule has 3 atom stereocenters. The van der Waals surface area contributed by atoms with Gasteiger partial charge >= 0.3 is 11.9 Å². The van der Waals surface area contributed by atoms with Crippen LogP contribution in [0, 0.1) is 11.8 Å². The molecule has 0 heterocycles. The Labute approximate surface area is 198 Å². The van der Waals surface area contributed by atoms with E-state index in [1.807, 2.05) is 0 Å². The van der Waals surface area contributed by atoms with Crippen molar-refractivity contribution in [3.05, 3.63) is 0 Å². The highest BCUT2D eigenvalue weighted by molar-refractivity contribution is 5.69. The molecule has 0 amide bonds. The number of hydrogen-bond donors (Lipinski definition) is 1. The molecule has 0 aromatic carbocycles. The molecule has 0 spiro atoms. The van der Waals surface area contributed by atoms with Crippen LogP contribution in [0.2, 0.25) is 0 Å². The van der Waals surface area contributed by atoms with Crippen molar-refractivity contribution in [3.8, 4) is 0 Å². The molecule has 0 aromatic rings. The van der Waals surface area contributed by atoms with Gasteiger partial charge in [-0.3, -0.25) is 9.59 Å². The Kier molecular flexibility index (Phi) is 17.6. The SMILES string of the molecule is CCCCCCCC(=O)OC(CCCCC)CC[C@H]1CCC[C@@H]1CCCCCCC(=O)O. The van der Waals surface area contributed by atoms with Crippen LogP contribution in [-0.2, 0) is 14.3 Å². The van der Waals surface area contributed by atoms with Crippen LogP contribution in [0.3, 0.4) is 0 Å². The Hall–Kier alpha value is -1.06. The number of aliphatic carboxylic acids is 1. The number of unbranched alkanes of at least 4 members (excludes halogenated alkanes) is 9. The Morgan fingerprint density at radius 3 is 2.03 bits per heavy atom. The largest absolute Gasteiger partial charge is 0.481 e. The first-order valence-electron chi connectivity index (χ1n) is 14.0. The predicted octanol–water partition coefficient (Wildman–Crippen LogP) is 8.46. The number of carbonyl (C=O) groups excluding carboxylic acids is 1. The van der Waals surface area contributed by atoms with Crippen LogP contribution in [0.25, 0.3) is 0 Å². The number of carboxylic acid groups (broad SMARTS) is 1. The zero-order valence-electron chi connectivity index (χ0n) is 21.3. The molecule has 32 heavy (non-hydrogen) atoms. The molecule has 4 nitrogen and oxygen atoms in total. The Morgan fingerprint density at radius 2 is 1.34 bits per heavy atom. The van der Waals surface area contributed by atoms with Crippen LogP contribution < -0.4 is 0 Å². The van der Waals surface area contributed by atoms with E-state index in [0.717, 1.165) is 63.2 Å². The van der Waals surface area contributed by atoms with E-state index in [9.17, 15) is 9.59 Å². The van der Waals surface area contributed by atoms with E-state index in [1.165, 1.54) is 70.6 Å². The summed E-state index contributed by atoms with van der Waals surface area (Å²) < 4.78 is 5.96. The zero-order valence-corrected chi connectivity index (χ0v) is 21.3. The number of carboxylic acids is 1. The van der Waals surface area contributed by atoms with Gasteiger partial charge < -0.3 is 9.84 Å². The summed E-state index contributed by atoms with van der Waals surface area (Å²) in [6.45, 7) is 4.44. The molecule has 1 aliphatic rings. The van der Waals surface area contributed by atoms with Gasteiger partial charge in [0.05, 0.1) is 0 Å². The number of rotatable bonds is 21. The molecule has 1 fully saturated rings. The molecule has 1 unspecified atom stereocenters. The Morgan fingerprint density at radius 1 is 0.750 bits per heavy atom. The van der Waals surface area contributed by atoms with Crippen molar-refractivity contribution in [2.75, 3.05) is 0 Å². The lowest BCUT2D eigenvalue weighted by molar-refractivity contribution is -0.150. The second-order valence-electron chi connectivity index (χ2n) is 10.1. The standard InChI is InChI=1S/C28H52O4/c1-3-5-7-8-14-21-28(31)32-26(19-11-6-4-2)23-22-25-18-15-17-24(25)16-12-9-10-13-20-27(29)30/h24-26H,3-23H2,1-2H3,(H,29,30)/t24-,25+,26?/m0/s1. The molecule has 1 N–H and O–H groups in total. The molecule has 0 aromatic heterocycles. The summed E-state index contributed by atoms with van der Waals surface area (Å²) in [5.41, 5.74) is 0. The van der Waals surface area contributed by atoms with Crippen molar-refractivity contribution in [1.29, 1.82) is 0 Å². The third-order valence-corrected chi connectivity index (χ3v) is 7.30. The molecular formula is C28H52O4. The molecule has 4 heteroatoms. The van der Waals surface area contributed by atoms with Gasteiger partial charge in [0.25, 0.3) is 0 Å². The lowest BCUT2D eigenvalue weighted by Gasteiger charge is -2.23. The van der Waals surface area contributed by atoms with Crippen LogP contribution >= 0.6 is 0 Å². The van der Waals surface area contributed by atoms with Crippen molar-refractivity contribution in [1.82, 2.24) is 0 Å². The summed E-state index contributed by atoms with van der Waals surface area (Å²) in [5, 5.41) is 8.75. The lowest BCUT2D eigenvalue weighted by atomic mass is 9.86. The van der Waals surface area contributed by atoms with Crippen LogP contribution in [0.1, 0.15) is 149 Å². The minimum absolute atomic E-state index is 0.0207. The zero-order chi connectivity index (χ0) is 23.4. The highest BCUT2D eigenvalue weighted by atomic mass is 16.5. The Balaban J connectivity index is 2.32. The van der Waals surface area contributed by atoms with Crippen LogP contribution in [0.15, 0.2) is 0 Å². The lowest BCUT2D eigenvalue weighted by Crippen LogP contribution is -2.20. The van der Waals surface area contributed by atoms with Gasteiger partial charge in [0.2, 0.25) is 0 Å². The second-order valence-corrected chi connectivity index (χ2v) is 10.1. The van der Waals surface area contributed by atoms with Crippen molar-refractivity contribution >= 4 is 11.9 Å². The molecular weight excluding hydrogens is 400 g/mol. The molecule has 1 aliphatic carbocycles. The van der Waals surface area contributed by atoms with Crippen molar-refractivity contribution in [2.24, 2.45) is 11.8 Å². The van der Waals surface area contributed by atoms with Crippen LogP contribution in [-0.4, -0.2) is 23.1 Å². The minimum Gasteiger partial charge on any atom is -0.481 e. The average molecular weight is 453 g/mol. The molecule has 0 saturated heterocycles. The van der Waals surface area contributed by atoms with E-state index in [1.54, 1.807) is 0 Å². The molecule has 1 rings (SSSR count). The molecule has 1 saturated carbocycles. The van der Waals surface area contributed by atoms with E-state index in [2.05, 4.69) is 13.8 Å². The van der Waals surface area contributed by atoms with E-state index >= 15 is 0 Å². The summed E-state index contributed by atoms with van der Waals surface area (Å²) in [6.07, 6.45) is 23.2. The smallest absolute Gasteiger partial charge is 0.306 e. The first kappa shape index (κ1) is 29.0. The normalized spacial score (nSPS) is 19.2. The fraction of sp³-hybridized carbons (Fsp3) is 0.929. The van der Waals surface area contributed by atoms with E-state index < -0.39 is 5.97 Å². The topological polar surface area (TPSA) is 63.6 Å². The fourth-order valence-electron chi connectivity index (χ4n) is 5.31. The second kappa shape index (κ2) is 19.4. The molecule has 188 valence electrons. The summed E-state index contributed by atoms with van der Waals surface area (Å²) in [5.74, 6) is 0.953. The van der Waals surface area contributed by atoms with Crippen molar-refractivity contribution in [2.45, 2.75) is 155 Å². The Bertz CT molecular complexity index is 476. The number of ether oxygens (including phenoxy) is 1. The van der Waals surface area contributed by atoms with E-state index in [4.69, 9.17) is 9.84 Å².